The first-order chi connectivity index (χ1) is 8.74. The van der Waals surface area contributed by atoms with Crippen molar-refractivity contribution in [3.05, 3.63) is 41.2 Å². The Morgan fingerprint density at radius 3 is 3.17 bits per heavy atom. The molecule has 0 saturated heterocycles. The minimum Gasteiger partial charge on any atom is -0.399 e. The SMILES string of the molecule is Nc1ccc2c(c1)CCC2NC(=O)c1cnsn1. The first-order valence-corrected chi connectivity index (χ1v) is 6.44. The van der Waals surface area contributed by atoms with Crippen molar-refractivity contribution < 1.29 is 4.79 Å². The van der Waals surface area contributed by atoms with E-state index in [0.29, 0.717) is 5.69 Å². The molecule has 18 heavy (non-hydrogen) atoms. The van der Waals surface area contributed by atoms with Gasteiger partial charge in [-0.3, -0.25) is 4.79 Å². The molecule has 6 heteroatoms. The molecule has 92 valence electrons. The van der Waals surface area contributed by atoms with Gasteiger partial charge in [0.2, 0.25) is 0 Å². The molecule has 0 spiro atoms. The summed E-state index contributed by atoms with van der Waals surface area (Å²) in [5.41, 5.74) is 9.27. The maximum Gasteiger partial charge on any atom is 0.273 e. The van der Waals surface area contributed by atoms with Crippen LogP contribution < -0.4 is 11.1 Å². The van der Waals surface area contributed by atoms with Crippen molar-refractivity contribution in [1.29, 1.82) is 0 Å². The van der Waals surface area contributed by atoms with Crippen molar-refractivity contribution >= 4 is 23.3 Å². The van der Waals surface area contributed by atoms with Crippen molar-refractivity contribution in [3.63, 3.8) is 0 Å². The zero-order valence-corrected chi connectivity index (χ0v) is 10.4. The zero-order valence-electron chi connectivity index (χ0n) is 9.59. The molecule has 1 unspecified atom stereocenters. The lowest BCUT2D eigenvalue weighted by atomic mass is 10.1. The molecule has 1 amide bonds. The van der Waals surface area contributed by atoms with E-state index in [4.69, 9.17) is 5.73 Å². The minimum absolute atomic E-state index is 0.0507. The van der Waals surface area contributed by atoms with Crippen molar-refractivity contribution in [3.8, 4) is 0 Å². The molecule has 1 atom stereocenters. The first kappa shape index (κ1) is 11.2. The summed E-state index contributed by atoms with van der Waals surface area (Å²) in [5, 5.41) is 2.98. The summed E-state index contributed by atoms with van der Waals surface area (Å²) < 4.78 is 7.75. The molecule has 0 fully saturated rings. The summed E-state index contributed by atoms with van der Waals surface area (Å²) in [7, 11) is 0. The van der Waals surface area contributed by atoms with Gasteiger partial charge in [-0.25, -0.2) is 0 Å². The number of nitrogen functional groups attached to an aromatic ring is 1. The number of amides is 1. The summed E-state index contributed by atoms with van der Waals surface area (Å²) in [6.45, 7) is 0. The number of hydrogen-bond acceptors (Lipinski definition) is 5. The predicted molar refractivity (Wildman–Crippen MR) is 69.3 cm³/mol. The van der Waals surface area contributed by atoms with Crippen LogP contribution >= 0.6 is 11.7 Å². The van der Waals surface area contributed by atoms with Crippen molar-refractivity contribution in [1.82, 2.24) is 14.1 Å². The van der Waals surface area contributed by atoms with E-state index >= 15 is 0 Å². The number of anilines is 1. The molecule has 0 bridgehead atoms. The molecule has 0 saturated carbocycles. The molecule has 0 radical (unpaired) electrons. The second-order valence-electron chi connectivity index (χ2n) is 4.32. The molecule has 3 rings (SSSR count). The number of aromatic nitrogens is 2. The maximum atomic E-state index is 11.9. The van der Waals surface area contributed by atoms with Gasteiger partial charge in [0, 0.05) is 5.69 Å². The van der Waals surface area contributed by atoms with Crippen LogP contribution in [0, 0.1) is 0 Å². The van der Waals surface area contributed by atoms with Crippen molar-refractivity contribution in [2.45, 2.75) is 18.9 Å². The van der Waals surface area contributed by atoms with E-state index in [9.17, 15) is 4.79 Å². The molecule has 1 aromatic heterocycles. The van der Waals surface area contributed by atoms with Crippen LogP contribution in [0.4, 0.5) is 5.69 Å². The van der Waals surface area contributed by atoms with Crippen LogP contribution in [0.3, 0.4) is 0 Å². The molecule has 1 heterocycles. The van der Waals surface area contributed by atoms with E-state index in [2.05, 4.69) is 14.1 Å². The molecule has 1 aliphatic carbocycles. The summed E-state index contributed by atoms with van der Waals surface area (Å²) in [6, 6.07) is 5.89. The lowest BCUT2D eigenvalue weighted by Crippen LogP contribution is -2.27. The van der Waals surface area contributed by atoms with Crippen LogP contribution in [0.1, 0.15) is 34.1 Å². The summed E-state index contributed by atoms with van der Waals surface area (Å²) in [6.07, 6.45) is 3.33. The van der Waals surface area contributed by atoms with Gasteiger partial charge in [0.15, 0.2) is 5.69 Å². The van der Waals surface area contributed by atoms with Crippen molar-refractivity contribution in [2.75, 3.05) is 5.73 Å². The van der Waals surface area contributed by atoms with E-state index in [0.717, 1.165) is 35.8 Å². The molecule has 1 aromatic carbocycles. The average molecular weight is 260 g/mol. The Hall–Kier alpha value is -1.95. The smallest absolute Gasteiger partial charge is 0.273 e. The third-order valence-electron chi connectivity index (χ3n) is 3.14. The third-order valence-corrected chi connectivity index (χ3v) is 3.62. The predicted octanol–water partition coefficient (Wildman–Crippen LogP) is 1.54. The fraction of sp³-hybridized carbons (Fsp3) is 0.250. The molecule has 0 aliphatic heterocycles. The van der Waals surface area contributed by atoms with Crippen LogP contribution in [0.15, 0.2) is 24.4 Å². The Labute approximate surface area is 108 Å². The largest absolute Gasteiger partial charge is 0.399 e. The Kier molecular flexibility index (Phi) is 2.71. The summed E-state index contributed by atoms with van der Waals surface area (Å²) >= 11 is 1.04. The van der Waals surface area contributed by atoms with Crippen LogP contribution in [-0.2, 0) is 6.42 Å². The zero-order chi connectivity index (χ0) is 12.5. The van der Waals surface area contributed by atoms with Gasteiger partial charge in [0.25, 0.3) is 5.91 Å². The van der Waals surface area contributed by atoms with E-state index in [-0.39, 0.29) is 11.9 Å². The average Bonchev–Trinajstić information content (AvgIpc) is 2.98. The van der Waals surface area contributed by atoms with Crippen LogP contribution in [0.5, 0.6) is 0 Å². The number of rotatable bonds is 2. The number of carbonyl (C=O) groups excluding carboxylic acids is 1. The second kappa shape index (κ2) is 4.38. The summed E-state index contributed by atoms with van der Waals surface area (Å²) in [5.74, 6) is -0.168. The minimum atomic E-state index is -0.168. The van der Waals surface area contributed by atoms with Crippen LogP contribution in [-0.4, -0.2) is 14.7 Å². The lowest BCUT2D eigenvalue weighted by molar-refractivity contribution is 0.0932. The number of fused-ring (bicyclic) bond motifs is 1. The lowest BCUT2D eigenvalue weighted by Gasteiger charge is -2.13. The van der Waals surface area contributed by atoms with E-state index in [1.165, 1.54) is 11.8 Å². The van der Waals surface area contributed by atoms with E-state index in [1.807, 2.05) is 18.2 Å². The van der Waals surface area contributed by atoms with Gasteiger partial charge in [0.05, 0.1) is 24.0 Å². The Morgan fingerprint density at radius 1 is 1.50 bits per heavy atom. The highest BCUT2D eigenvalue weighted by molar-refractivity contribution is 6.99. The second-order valence-corrected chi connectivity index (χ2v) is 4.87. The Morgan fingerprint density at radius 2 is 2.39 bits per heavy atom. The van der Waals surface area contributed by atoms with Crippen molar-refractivity contribution in [2.24, 2.45) is 0 Å². The van der Waals surface area contributed by atoms with E-state index in [1.54, 1.807) is 0 Å². The monoisotopic (exact) mass is 260 g/mol. The number of hydrogen-bond donors (Lipinski definition) is 2. The molecule has 2 aromatic rings. The normalized spacial score (nSPS) is 17.4. The third kappa shape index (κ3) is 1.95. The van der Waals surface area contributed by atoms with Gasteiger partial charge in [0.1, 0.15) is 0 Å². The molecule has 5 nitrogen and oxygen atoms in total. The first-order valence-electron chi connectivity index (χ1n) is 5.71. The van der Waals surface area contributed by atoms with Gasteiger partial charge < -0.3 is 11.1 Å². The molecule has 3 N–H and O–H groups in total. The highest BCUT2D eigenvalue weighted by atomic mass is 32.1. The maximum absolute atomic E-state index is 11.9. The van der Waals surface area contributed by atoms with Gasteiger partial charge in [-0.05, 0) is 36.1 Å². The standard InChI is InChI=1S/C12H12N4OS/c13-8-2-3-9-7(5-8)1-4-10(9)15-12(17)11-6-14-18-16-11/h2-3,5-6,10H,1,4,13H2,(H,15,17). The topological polar surface area (TPSA) is 80.9 Å². The number of aryl methyl sites for hydroxylation is 1. The molecular formula is C12H12N4OS. The number of nitrogens with two attached hydrogens (primary N) is 1. The molecular weight excluding hydrogens is 248 g/mol. The number of carbonyl (C=O) groups is 1. The van der Waals surface area contributed by atoms with Crippen LogP contribution in [0.25, 0.3) is 0 Å². The van der Waals surface area contributed by atoms with Gasteiger partial charge >= 0.3 is 0 Å². The fourth-order valence-corrected chi connectivity index (χ4v) is 2.70. The highest BCUT2D eigenvalue weighted by Crippen LogP contribution is 2.32. The van der Waals surface area contributed by atoms with Gasteiger partial charge in [-0.1, -0.05) is 6.07 Å². The van der Waals surface area contributed by atoms with E-state index < -0.39 is 0 Å². The summed E-state index contributed by atoms with van der Waals surface area (Å²) in [4.78, 5) is 11.9. The van der Waals surface area contributed by atoms with Crippen LogP contribution in [0.2, 0.25) is 0 Å². The molecule has 1 aliphatic rings. The number of nitrogens with one attached hydrogen (secondary N) is 1. The van der Waals surface area contributed by atoms with Gasteiger partial charge in [-0.2, -0.15) is 8.75 Å². The fourth-order valence-electron chi connectivity index (χ4n) is 2.28. The Bertz CT molecular complexity index is 582. The van der Waals surface area contributed by atoms with Gasteiger partial charge in [-0.15, -0.1) is 0 Å². The Balaban J connectivity index is 1.79. The highest BCUT2D eigenvalue weighted by Gasteiger charge is 2.24. The number of nitrogens with zero attached hydrogens (tertiary/aromatic N) is 2. The quantitative estimate of drug-likeness (QED) is 0.802. The number of benzene rings is 1.